The molecule has 0 aliphatic rings. The fraction of sp³-hybridized carbons (Fsp3) is 0.167. The van der Waals surface area contributed by atoms with Gasteiger partial charge in [-0.2, -0.15) is 0 Å². The van der Waals surface area contributed by atoms with E-state index in [2.05, 4.69) is 23.2 Å². The largest absolute Gasteiger partial charge is 0.496 e. The minimum atomic E-state index is -0.965. The van der Waals surface area contributed by atoms with Gasteiger partial charge in [0.05, 0.1) is 19.2 Å². The first-order chi connectivity index (χ1) is 17.1. The van der Waals surface area contributed by atoms with Crippen molar-refractivity contribution in [3.63, 3.8) is 0 Å². The number of aryl methyl sites for hydroxylation is 2. The highest BCUT2D eigenvalue weighted by Crippen LogP contribution is 2.37. The molecule has 35 heavy (non-hydrogen) atoms. The van der Waals surface area contributed by atoms with E-state index >= 15 is 0 Å². The summed E-state index contributed by atoms with van der Waals surface area (Å²) in [5.41, 5.74) is 4.78. The van der Waals surface area contributed by atoms with E-state index in [0.29, 0.717) is 19.4 Å². The van der Waals surface area contributed by atoms with Crippen LogP contribution >= 0.6 is 0 Å². The monoisotopic (exact) mass is 465 g/mol. The first-order valence-electron chi connectivity index (χ1n) is 11.7. The normalized spacial score (nSPS) is 11.1. The molecule has 0 amide bonds. The lowest BCUT2D eigenvalue weighted by Crippen LogP contribution is -2.04. The Morgan fingerprint density at radius 3 is 2.49 bits per heavy atom. The number of nitrogens with one attached hydrogen (secondary N) is 1. The van der Waals surface area contributed by atoms with Crippen LogP contribution in [0.15, 0.2) is 78.9 Å². The predicted octanol–water partition coefficient (Wildman–Crippen LogP) is 7.01. The summed E-state index contributed by atoms with van der Waals surface area (Å²) in [7, 11) is 1.65. The standard InChI is InChI=1S/C30H27NO4/c1-19-15-16-26(34-2)25(18-19)24-12-6-11-22-23(29(30(32)33)31-28(22)24)13-7-17-35-27-14-5-9-20-8-3-4-10-21(20)27/h3-6,8-12,14-16,18,31H,7,13,17H2,1-2H3,(H,32,33). The highest BCUT2D eigenvalue weighted by Gasteiger charge is 2.20. The number of aromatic carboxylic acids is 1. The third-order valence-electron chi connectivity index (χ3n) is 6.38. The number of hydrogen-bond acceptors (Lipinski definition) is 3. The number of ether oxygens (including phenoxy) is 2. The van der Waals surface area contributed by atoms with E-state index in [9.17, 15) is 9.90 Å². The van der Waals surface area contributed by atoms with Crippen molar-refractivity contribution in [1.82, 2.24) is 4.98 Å². The first kappa shape index (κ1) is 22.5. The zero-order chi connectivity index (χ0) is 24.4. The van der Waals surface area contributed by atoms with Crippen LogP contribution in [0.25, 0.3) is 32.8 Å². The van der Waals surface area contributed by atoms with Gasteiger partial charge in [-0.15, -0.1) is 0 Å². The topological polar surface area (TPSA) is 71.6 Å². The molecule has 0 spiro atoms. The molecule has 2 N–H and O–H groups in total. The van der Waals surface area contributed by atoms with Crippen LogP contribution in [0.4, 0.5) is 0 Å². The van der Waals surface area contributed by atoms with Crippen LogP contribution in [0.1, 0.15) is 28.0 Å². The van der Waals surface area contributed by atoms with E-state index in [4.69, 9.17) is 9.47 Å². The number of rotatable bonds is 8. The molecule has 0 unspecified atom stereocenters. The average Bonchev–Trinajstić information content (AvgIpc) is 3.26. The summed E-state index contributed by atoms with van der Waals surface area (Å²) in [4.78, 5) is 15.3. The number of aromatic nitrogens is 1. The Bertz CT molecular complexity index is 1530. The Hall–Kier alpha value is -4.25. The van der Waals surface area contributed by atoms with Crippen LogP contribution in [0, 0.1) is 6.92 Å². The van der Waals surface area contributed by atoms with Crippen LogP contribution in [0.2, 0.25) is 0 Å². The molecule has 0 atom stereocenters. The molecule has 5 rings (SSSR count). The molecule has 4 aromatic carbocycles. The minimum Gasteiger partial charge on any atom is -0.496 e. The van der Waals surface area contributed by atoms with Gasteiger partial charge in [-0.3, -0.25) is 0 Å². The number of benzene rings is 4. The second-order valence-electron chi connectivity index (χ2n) is 8.64. The number of H-pyrrole nitrogens is 1. The maximum atomic E-state index is 12.1. The highest BCUT2D eigenvalue weighted by molar-refractivity contribution is 6.03. The molecule has 1 aromatic heterocycles. The number of carboxylic acids is 1. The van der Waals surface area contributed by atoms with Gasteiger partial charge in [0.25, 0.3) is 0 Å². The third kappa shape index (κ3) is 4.33. The lowest BCUT2D eigenvalue weighted by Gasteiger charge is -2.11. The van der Waals surface area contributed by atoms with E-state index in [1.807, 2.05) is 67.6 Å². The van der Waals surface area contributed by atoms with Gasteiger partial charge in [-0.1, -0.05) is 66.2 Å². The van der Waals surface area contributed by atoms with Gasteiger partial charge in [-0.05, 0) is 48.9 Å². The molecule has 5 heteroatoms. The Balaban J connectivity index is 1.44. The van der Waals surface area contributed by atoms with Crippen molar-refractivity contribution < 1.29 is 19.4 Å². The smallest absolute Gasteiger partial charge is 0.352 e. The number of methoxy groups -OCH3 is 1. The Kier molecular flexibility index (Phi) is 6.15. The lowest BCUT2D eigenvalue weighted by molar-refractivity contribution is 0.0690. The van der Waals surface area contributed by atoms with Crippen molar-refractivity contribution in [3.8, 4) is 22.6 Å². The molecule has 5 aromatic rings. The number of fused-ring (bicyclic) bond motifs is 2. The molecular weight excluding hydrogens is 438 g/mol. The highest BCUT2D eigenvalue weighted by atomic mass is 16.5. The summed E-state index contributed by atoms with van der Waals surface area (Å²) in [5.74, 6) is 0.627. The number of carboxylic acid groups (broad SMARTS) is 1. The van der Waals surface area contributed by atoms with Gasteiger partial charge in [0.2, 0.25) is 0 Å². The molecule has 176 valence electrons. The molecular formula is C30H27NO4. The second-order valence-corrected chi connectivity index (χ2v) is 8.64. The molecule has 0 saturated carbocycles. The number of para-hydroxylation sites is 1. The van der Waals surface area contributed by atoms with Crippen LogP contribution < -0.4 is 9.47 Å². The van der Waals surface area contributed by atoms with E-state index in [1.54, 1.807) is 7.11 Å². The minimum absolute atomic E-state index is 0.226. The summed E-state index contributed by atoms with van der Waals surface area (Å²) in [6.45, 7) is 2.52. The van der Waals surface area contributed by atoms with Crippen LogP contribution in [-0.2, 0) is 6.42 Å². The lowest BCUT2D eigenvalue weighted by atomic mass is 9.98. The van der Waals surface area contributed by atoms with Crippen molar-refractivity contribution in [2.45, 2.75) is 19.8 Å². The Morgan fingerprint density at radius 1 is 0.886 bits per heavy atom. The molecule has 0 radical (unpaired) electrons. The van der Waals surface area contributed by atoms with Gasteiger partial charge < -0.3 is 19.6 Å². The van der Waals surface area contributed by atoms with Gasteiger partial charge in [0.15, 0.2) is 0 Å². The van der Waals surface area contributed by atoms with E-state index < -0.39 is 5.97 Å². The summed E-state index contributed by atoms with van der Waals surface area (Å²) in [5, 5.41) is 13.1. The van der Waals surface area contributed by atoms with E-state index in [-0.39, 0.29) is 5.69 Å². The van der Waals surface area contributed by atoms with Crippen LogP contribution in [-0.4, -0.2) is 29.8 Å². The third-order valence-corrected chi connectivity index (χ3v) is 6.38. The van der Waals surface area contributed by atoms with Crippen molar-refractivity contribution >= 4 is 27.6 Å². The molecule has 0 bridgehead atoms. The maximum Gasteiger partial charge on any atom is 0.352 e. The van der Waals surface area contributed by atoms with Crippen molar-refractivity contribution in [2.24, 2.45) is 0 Å². The summed E-state index contributed by atoms with van der Waals surface area (Å²) in [6, 6.07) is 26.1. The van der Waals surface area contributed by atoms with E-state index in [1.165, 1.54) is 0 Å². The number of hydrogen-bond donors (Lipinski definition) is 2. The van der Waals surface area contributed by atoms with Crippen molar-refractivity contribution in [1.29, 1.82) is 0 Å². The summed E-state index contributed by atoms with van der Waals surface area (Å²) >= 11 is 0. The van der Waals surface area contributed by atoms with Crippen molar-refractivity contribution in [2.75, 3.05) is 13.7 Å². The van der Waals surface area contributed by atoms with Gasteiger partial charge in [0, 0.05) is 21.9 Å². The van der Waals surface area contributed by atoms with E-state index in [0.717, 1.165) is 55.4 Å². The number of aromatic amines is 1. The molecule has 0 fully saturated rings. The quantitative estimate of drug-likeness (QED) is 0.242. The fourth-order valence-corrected chi connectivity index (χ4v) is 4.73. The molecule has 0 saturated heterocycles. The van der Waals surface area contributed by atoms with Gasteiger partial charge in [-0.25, -0.2) is 4.79 Å². The summed E-state index contributed by atoms with van der Waals surface area (Å²) < 4.78 is 11.7. The van der Waals surface area contributed by atoms with Crippen LogP contribution in [0.5, 0.6) is 11.5 Å². The van der Waals surface area contributed by atoms with Crippen molar-refractivity contribution in [3.05, 3.63) is 95.7 Å². The zero-order valence-corrected chi connectivity index (χ0v) is 19.8. The van der Waals surface area contributed by atoms with Crippen LogP contribution in [0.3, 0.4) is 0 Å². The fourth-order valence-electron chi connectivity index (χ4n) is 4.73. The first-order valence-corrected chi connectivity index (χ1v) is 11.7. The van der Waals surface area contributed by atoms with Gasteiger partial charge in [0.1, 0.15) is 17.2 Å². The average molecular weight is 466 g/mol. The van der Waals surface area contributed by atoms with Gasteiger partial charge >= 0.3 is 5.97 Å². The summed E-state index contributed by atoms with van der Waals surface area (Å²) in [6.07, 6.45) is 1.27. The second kappa shape index (κ2) is 9.55. The molecule has 0 aliphatic carbocycles. The SMILES string of the molecule is COc1ccc(C)cc1-c1cccc2c(CCCOc3cccc4ccccc34)c(C(=O)O)[nH]c12. The molecule has 0 aliphatic heterocycles. The predicted molar refractivity (Wildman–Crippen MR) is 140 cm³/mol. The Morgan fingerprint density at radius 2 is 1.66 bits per heavy atom. The number of carbonyl (C=O) groups is 1. The molecule has 5 nitrogen and oxygen atoms in total. The zero-order valence-electron chi connectivity index (χ0n) is 19.8. The maximum absolute atomic E-state index is 12.1. The Labute approximate surface area is 203 Å². The molecule has 1 heterocycles.